The fourth-order valence-corrected chi connectivity index (χ4v) is 2.76. The third-order valence-corrected chi connectivity index (χ3v) is 4.16. The van der Waals surface area contributed by atoms with E-state index in [1.807, 2.05) is 14.1 Å². The lowest BCUT2D eigenvalue weighted by molar-refractivity contribution is -0.127. The molecule has 1 fully saturated rings. The number of benzene rings is 1. The Bertz CT molecular complexity index is 559. The van der Waals surface area contributed by atoms with Crippen LogP contribution in [0.25, 0.3) is 5.57 Å². The monoisotopic (exact) mass is 326 g/mol. The lowest BCUT2D eigenvalue weighted by Gasteiger charge is -2.34. The first-order valence-electron chi connectivity index (χ1n) is 7.58. The van der Waals surface area contributed by atoms with Crippen molar-refractivity contribution in [3.05, 3.63) is 42.0 Å². The molecule has 6 heteroatoms. The molecule has 0 atom stereocenters. The average Bonchev–Trinajstić information content (AvgIpc) is 2.52. The van der Waals surface area contributed by atoms with Crippen molar-refractivity contribution in [2.24, 2.45) is 0 Å². The minimum Gasteiger partial charge on any atom is -0.339 e. The van der Waals surface area contributed by atoms with Crippen molar-refractivity contribution in [2.45, 2.75) is 25.1 Å². The Balaban J connectivity index is 2.15. The summed E-state index contributed by atoms with van der Waals surface area (Å²) in [6.45, 7) is 0.968. The van der Waals surface area contributed by atoms with Gasteiger partial charge in [0.25, 0.3) is 0 Å². The van der Waals surface area contributed by atoms with E-state index in [9.17, 15) is 18.0 Å². The van der Waals surface area contributed by atoms with Crippen LogP contribution in [0.15, 0.2) is 36.4 Å². The lowest BCUT2D eigenvalue weighted by Crippen LogP contribution is -2.44. The molecule has 1 aliphatic heterocycles. The highest BCUT2D eigenvalue weighted by Crippen LogP contribution is 2.34. The predicted molar refractivity (Wildman–Crippen MR) is 83.8 cm³/mol. The summed E-state index contributed by atoms with van der Waals surface area (Å²) in [6, 6.07) is 7.81. The minimum atomic E-state index is -4.56. The van der Waals surface area contributed by atoms with Crippen LogP contribution in [0.2, 0.25) is 0 Å². The summed E-state index contributed by atoms with van der Waals surface area (Å²) in [5.41, 5.74) is -0.880. The Kier molecular flexibility index (Phi) is 5.46. The molecule has 0 bridgehead atoms. The van der Waals surface area contributed by atoms with Crippen molar-refractivity contribution in [3.8, 4) is 0 Å². The van der Waals surface area contributed by atoms with Gasteiger partial charge < -0.3 is 9.80 Å². The molecule has 0 aromatic heterocycles. The normalized spacial score (nSPS) is 17.7. The molecular weight excluding hydrogens is 305 g/mol. The van der Waals surface area contributed by atoms with E-state index in [1.165, 1.54) is 29.2 Å². The number of likely N-dealkylation sites (tertiary alicyclic amines) is 1. The maximum absolute atomic E-state index is 13.3. The molecule has 23 heavy (non-hydrogen) atoms. The maximum Gasteiger partial charge on any atom is 0.417 e. The number of nitrogens with zero attached hydrogens (tertiary/aromatic N) is 2. The van der Waals surface area contributed by atoms with Crippen molar-refractivity contribution in [3.63, 3.8) is 0 Å². The Morgan fingerprint density at radius 2 is 1.74 bits per heavy atom. The van der Waals surface area contributed by atoms with E-state index in [-0.39, 0.29) is 5.56 Å². The standard InChI is InChI=1S/C17H21F3N2O/c1-21(2)14-8-10-22(11-9-14)16(23)12-15(17(18,19)20)13-6-4-3-5-7-13/h3-7,12,14H,8-11H2,1-2H3/b15-12-. The van der Waals surface area contributed by atoms with Crippen LogP contribution in [0, 0.1) is 0 Å². The Hall–Kier alpha value is -1.82. The highest BCUT2D eigenvalue weighted by Gasteiger charge is 2.36. The number of hydrogen-bond acceptors (Lipinski definition) is 2. The van der Waals surface area contributed by atoms with Gasteiger partial charge in [0.15, 0.2) is 0 Å². The second kappa shape index (κ2) is 7.17. The molecule has 0 aliphatic carbocycles. The third kappa shape index (κ3) is 4.58. The summed E-state index contributed by atoms with van der Waals surface area (Å²) in [5.74, 6) is -0.571. The van der Waals surface area contributed by atoms with Gasteiger partial charge in [-0.3, -0.25) is 4.79 Å². The number of halogens is 3. The Morgan fingerprint density at radius 1 is 1.17 bits per heavy atom. The summed E-state index contributed by atoms with van der Waals surface area (Å²) in [4.78, 5) is 15.8. The summed E-state index contributed by atoms with van der Waals surface area (Å²) in [6.07, 6.45) is -2.27. The number of amides is 1. The van der Waals surface area contributed by atoms with Gasteiger partial charge in [0.1, 0.15) is 0 Å². The van der Waals surface area contributed by atoms with Crippen LogP contribution in [0.4, 0.5) is 13.2 Å². The van der Waals surface area contributed by atoms with Crippen molar-refractivity contribution < 1.29 is 18.0 Å². The average molecular weight is 326 g/mol. The number of allylic oxidation sites excluding steroid dienone is 1. The molecule has 126 valence electrons. The number of rotatable bonds is 3. The fraction of sp³-hybridized carbons (Fsp3) is 0.471. The SMILES string of the molecule is CN(C)C1CCN(C(=O)/C=C(/c2ccccc2)C(F)(F)F)CC1. The number of carbonyl (C=O) groups is 1. The number of alkyl halides is 3. The van der Waals surface area contributed by atoms with Gasteiger partial charge in [-0.05, 0) is 32.5 Å². The van der Waals surface area contributed by atoms with Gasteiger partial charge in [-0.2, -0.15) is 13.2 Å². The van der Waals surface area contributed by atoms with Crippen molar-refractivity contribution in [1.82, 2.24) is 9.80 Å². The van der Waals surface area contributed by atoms with Gasteiger partial charge in [-0.1, -0.05) is 30.3 Å². The summed E-state index contributed by atoms with van der Waals surface area (Å²) >= 11 is 0. The Morgan fingerprint density at radius 3 is 2.22 bits per heavy atom. The van der Waals surface area contributed by atoms with Gasteiger partial charge in [0.05, 0.1) is 5.57 Å². The second-order valence-electron chi connectivity index (χ2n) is 5.94. The second-order valence-corrected chi connectivity index (χ2v) is 5.94. The molecular formula is C17H21F3N2O. The number of carbonyl (C=O) groups excluding carboxylic acids is 1. The first kappa shape index (κ1) is 17.5. The molecule has 2 rings (SSSR count). The number of piperidine rings is 1. The van der Waals surface area contributed by atoms with Crippen LogP contribution in [0.3, 0.4) is 0 Å². The molecule has 0 saturated carbocycles. The lowest BCUT2D eigenvalue weighted by atomic mass is 10.0. The largest absolute Gasteiger partial charge is 0.417 e. The van der Waals surface area contributed by atoms with E-state index in [4.69, 9.17) is 0 Å². The van der Waals surface area contributed by atoms with Gasteiger partial charge in [0, 0.05) is 25.2 Å². The zero-order chi connectivity index (χ0) is 17.0. The Labute approximate surface area is 134 Å². The zero-order valence-electron chi connectivity index (χ0n) is 13.3. The highest BCUT2D eigenvalue weighted by molar-refractivity contribution is 5.96. The van der Waals surface area contributed by atoms with Crippen LogP contribution in [0.5, 0.6) is 0 Å². The molecule has 1 aromatic carbocycles. The van der Waals surface area contributed by atoms with E-state index in [2.05, 4.69) is 4.90 Å². The third-order valence-electron chi connectivity index (χ3n) is 4.16. The van der Waals surface area contributed by atoms with Crippen molar-refractivity contribution in [2.75, 3.05) is 27.2 Å². The summed E-state index contributed by atoms with van der Waals surface area (Å²) < 4.78 is 39.8. The van der Waals surface area contributed by atoms with Gasteiger partial charge in [-0.25, -0.2) is 0 Å². The summed E-state index contributed by atoms with van der Waals surface area (Å²) in [7, 11) is 3.94. The van der Waals surface area contributed by atoms with Gasteiger partial charge >= 0.3 is 6.18 Å². The molecule has 0 unspecified atom stereocenters. The maximum atomic E-state index is 13.3. The van der Waals surface area contributed by atoms with E-state index in [0.29, 0.717) is 19.1 Å². The van der Waals surface area contributed by atoms with Crippen LogP contribution >= 0.6 is 0 Å². The first-order valence-corrected chi connectivity index (χ1v) is 7.58. The molecule has 0 N–H and O–H groups in total. The number of hydrogen-bond donors (Lipinski definition) is 0. The smallest absolute Gasteiger partial charge is 0.339 e. The van der Waals surface area contributed by atoms with E-state index < -0.39 is 17.7 Å². The van der Waals surface area contributed by atoms with Gasteiger partial charge in [0.2, 0.25) is 5.91 Å². The molecule has 0 radical (unpaired) electrons. The minimum absolute atomic E-state index is 0.0107. The van der Waals surface area contributed by atoms with E-state index >= 15 is 0 Å². The molecule has 1 heterocycles. The topological polar surface area (TPSA) is 23.6 Å². The van der Waals surface area contributed by atoms with Crippen molar-refractivity contribution in [1.29, 1.82) is 0 Å². The van der Waals surface area contributed by atoms with Crippen molar-refractivity contribution >= 4 is 11.5 Å². The predicted octanol–water partition coefficient (Wildman–Crippen LogP) is 3.18. The fourth-order valence-electron chi connectivity index (χ4n) is 2.76. The quantitative estimate of drug-likeness (QED) is 0.797. The molecule has 1 amide bonds. The molecule has 0 spiro atoms. The summed E-state index contributed by atoms with van der Waals surface area (Å²) in [5, 5.41) is 0. The molecule has 1 saturated heterocycles. The van der Waals surface area contributed by atoms with E-state index in [0.717, 1.165) is 18.9 Å². The zero-order valence-corrected chi connectivity index (χ0v) is 13.3. The highest BCUT2D eigenvalue weighted by atomic mass is 19.4. The molecule has 1 aliphatic rings. The first-order chi connectivity index (χ1) is 10.8. The van der Waals surface area contributed by atoms with Crippen LogP contribution in [0.1, 0.15) is 18.4 Å². The van der Waals surface area contributed by atoms with Crippen LogP contribution < -0.4 is 0 Å². The van der Waals surface area contributed by atoms with Gasteiger partial charge in [-0.15, -0.1) is 0 Å². The molecule has 1 aromatic rings. The molecule has 3 nitrogen and oxygen atoms in total. The van der Waals surface area contributed by atoms with Crippen LogP contribution in [-0.2, 0) is 4.79 Å². The van der Waals surface area contributed by atoms with Crippen LogP contribution in [-0.4, -0.2) is 55.1 Å². The van der Waals surface area contributed by atoms with E-state index in [1.54, 1.807) is 6.07 Å².